The first-order chi connectivity index (χ1) is 13.5. The number of carbonyl (C=O) groups excluding carboxylic acids is 2. The zero-order chi connectivity index (χ0) is 19.9. The summed E-state index contributed by atoms with van der Waals surface area (Å²) in [7, 11) is 0. The minimum absolute atomic E-state index is 0. The van der Waals surface area contributed by atoms with E-state index in [0.29, 0.717) is 30.9 Å². The molecule has 1 saturated heterocycles. The molecule has 2 aromatic rings. The Balaban J connectivity index is 0.00000300. The van der Waals surface area contributed by atoms with Gasteiger partial charge in [0, 0.05) is 31.0 Å². The van der Waals surface area contributed by atoms with E-state index in [2.05, 4.69) is 10.6 Å². The van der Waals surface area contributed by atoms with Crippen LogP contribution in [0.4, 0.5) is 20.6 Å². The molecule has 0 aliphatic carbocycles. The number of hydrogen-bond donors (Lipinski definition) is 3. The number of nitrogen functional groups attached to an aromatic ring is 1. The lowest BCUT2D eigenvalue weighted by atomic mass is 9.97. The molecule has 1 aliphatic rings. The van der Waals surface area contributed by atoms with E-state index in [0.717, 1.165) is 24.9 Å². The van der Waals surface area contributed by atoms with Crippen LogP contribution in [0.1, 0.15) is 18.4 Å². The van der Waals surface area contributed by atoms with Crippen molar-refractivity contribution in [3.63, 3.8) is 0 Å². The minimum Gasteiger partial charge on any atom is -0.399 e. The number of anilines is 2. The maximum absolute atomic E-state index is 13.2. The summed E-state index contributed by atoms with van der Waals surface area (Å²) in [5.74, 6) is -0.124. The van der Waals surface area contributed by atoms with E-state index >= 15 is 0 Å². The van der Waals surface area contributed by atoms with Crippen LogP contribution in [-0.4, -0.2) is 36.5 Å². The lowest BCUT2D eigenvalue weighted by Gasteiger charge is -2.33. The predicted molar refractivity (Wildman–Crippen MR) is 115 cm³/mol. The normalized spacial score (nSPS) is 15.9. The topological polar surface area (TPSA) is 87.5 Å². The van der Waals surface area contributed by atoms with Crippen molar-refractivity contribution in [2.75, 3.05) is 30.7 Å². The Labute approximate surface area is 176 Å². The molecule has 3 rings (SSSR count). The zero-order valence-corrected chi connectivity index (χ0v) is 16.9. The van der Waals surface area contributed by atoms with E-state index < -0.39 is 5.82 Å². The van der Waals surface area contributed by atoms with Gasteiger partial charge in [-0.15, -0.1) is 12.4 Å². The fourth-order valence-electron chi connectivity index (χ4n) is 3.36. The highest BCUT2D eigenvalue weighted by Crippen LogP contribution is 2.17. The number of urea groups is 1. The summed E-state index contributed by atoms with van der Waals surface area (Å²) in [5, 5.41) is 5.42. The number of benzene rings is 2. The van der Waals surface area contributed by atoms with Crippen molar-refractivity contribution >= 4 is 35.7 Å². The summed E-state index contributed by atoms with van der Waals surface area (Å²) in [6, 6.07) is 12.7. The fourth-order valence-corrected chi connectivity index (χ4v) is 3.36. The first kappa shape index (κ1) is 22.5. The van der Waals surface area contributed by atoms with Crippen LogP contribution in [0.25, 0.3) is 0 Å². The van der Waals surface area contributed by atoms with Gasteiger partial charge < -0.3 is 21.3 Å². The van der Waals surface area contributed by atoms with Crippen LogP contribution in [0.2, 0.25) is 0 Å². The summed E-state index contributed by atoms with van der Waals surface area (Å²) < 4.78 is 13.2. The summed E-state index contributed by atoms with van der Waals surface area (Å²) in [5.41, 5.74) is 7.70. The maximum atomic E-state index is 13.2. The Morgan fingerprint density at radius 1 is 1.17 bits per heavy atom. The van der Waals surface area contributed by atoms with Crippen LogP contribution in [0.15, 0.2) is 48.5 Å². The number of carbonyl (C=O) groups is 2. The van der Waals surface area contributed by atoms with Gasteiger partial charge in [-0.25, -0.2) is 9.18 Å². The maximum Gasteiger partial charge on any atom is 0.319 e. The van der Waals surface area contributed by atoms with E-state index in [9.17, 15) is 14.0 Å². The van der Waals surface area contributed by atoms with E-state index in [1.165, 1.54) is 18.2 Å². The van der Waals surface area contributed by atoms with Crippen LogP contribution in [0, 0.1) is 11.7 Å². The van der Waals surface area contributed by atoms with Crippen LogP contribution in [0.5, 0.6) is 0 Å². The Hall–Kier alpha value is -2.80. The first-order valence-corrected chi connectivity index (χ1v) is 9.42. The molecule has 0 saturated carbocycles. The van der Waals surface area contributed by atoms with E-state index in [1.54, 1.807) is 18.2 Å². The van der Waals surface area contributed by atoms with Gasteiger partial charge in [-0.2, -0.15) is 0 Å². The number of hydrogen-bond acceptors (Lipinski definition) is 3. The van der Waals surface area contributed by atoms with E-state index in [-0.39, 0.29) is 30.3 Å². The van der Waals surface area contributed by atoms with Crippen molar-refractivity contribution in [1.82, 2.24) is 10.2 Å². The molecule has 6 nitrogen and oxygen atoms in total. The SMILES string of the molecule is Cl.Nc1ccc(CC(=O)N2CCCC(CNC(=O)Nc3cccc(F)c3)C2)cc1. The average Bonchev–Trinajstić information content (AvgIpc) is 2.68. The lowest BCUT2D eigenvalue weighted by molar-refractivity contribution is -0.132. The highest BCUT2D eigenvalue weighted by Gasteiger charge is 2.24. The number of rotatable bonds is 5. The molecule has 29 heavy (non-hydrogen) atoms. The second kappa shape index (κ2) is 10.7. The molecule has 0 bridgehead atoms. The Kier molecular flexibility index (Phi) is 8.27. The van der Waals surface area contributed by atoms with Gasteiger partial charge in [0.15, 0.2) is 0 Å². The number of halogens is 2. The molecule has 1 heterocycles. The lowest BCUT2D eigenvalue weighted by Crippen LogP contribution is -2.44. The van der Waals surface area contributed by atoms with Gasteiger partial charge in [0.1, 0.15) is 5.82 Å². The molecule has 1 fully saturated rings. The van der Waals surface area contributed by atoms with Crippen molar-refractivity contribution in [2.24, 2.45) is 5.92 Å². The average molecular weight is 421 g/mol. The molecule has 0 aromatic heterocycles. The van der Waals surface area contributed by atoms with Crippen molar-refractivity contribution in [1.29, 1.82) is 0 Å². The Bertz CT molecular complexity index is 832. The molecular weight excluding hydrogens is 395 g/mol. The molecule has 4 N–H and O–H groups in total. The number of piperidine rings is 1. The number of likely N-dealkylation sites (tertiary alicyclic amines) is 1. The second-order valence-electron chi connectivity index (χ2n) is 7.11. The van der Waals surface area contributed by atoms with Crippen molar-refractivity contribution in [2.45, 2.75) is 19.3 Å². The standard InChI is InChI=1S/C21H25FN4O2.ClH/c22-17-4-1-5-19(12-17)25-21(28)24-13-16-3-2-10-26(14-16)20(27)11-15-6-8-18(23)9-7-15;/h1,4-9,12,16H,2-3,10-11,13-14,23H2,(H2,24,25,28);1H. The van der Waals surface area contributed by atoms with Crippen LogP contribution in [-0.2, 0) is 11.2 Å². The zero-order valence-electron chi connectivity index (χ0n) is 16.1. The van der Waals surface area contributed by atoms with Crippen LogP contribution >= 0.6 is 12.4 Å². The predicted octanol–water partition coefficient (Wildman–Crippen LogP) is 3.43. The van der Waals surface area contributed by atoms with Gasteiger partial charge in [-0.1, -0.05) is 18.2 Å². The molecule has 156 valence electrons. The first-order valence-electron chi connectivity index (χ1n) is 9.42. The molecule has 0 spiro atoms. The van der Waals surface area contributed by atoms with Gasteiger partial charge in [0.25, 0.3) is 0 Å². The third-order valence-corrected chi connectivity index (χ3v) is 4.84. The van der Waals surface area contributed by atoms with Crippen LogP contribution < -0.4 is 16.4 Å². The molecule has 3 amide bonds. The third kappa shape index (κ3) is 6.94. The molecule has 1 aliphatic heterocycles. The fraction of sp³-hybridized carbons (Fsp3) is 0.333. The molecule has 0 radical (unpaired) electrons. The van der Waals surface area contributed by atoms with Crippen molar-refractivity contribution < 1.29 is 14.0 Å². The number of nitrogens with two attached hydrogens (primary N) is 1. The second-order valence-corrected chi connectivity index (χ2v) is 7.11. The Morgan fingerprint density at radius 2 is 1.93 bits per heavy atom. The molecule has 1 atom stereocenters. The number of nitrogens with zero attached hydrogens (tertiary/aromatic N) is 1. The van der Waals surface area contributed by atoms with Crippen molar-refractivity contribution in [3.05, 3.63) is 59.9 Å². The molecule has 8 heteroatoms. The van der Waals surface area contributed by atoms with Gasteiger partial charge in [0.2, 0.25) is 5.91 Å². The smallest absolute Gasteiger partial charge is 0.319 e. The summed E-state index contributed by atoms with van der Waals surface area (Å²) in [6.45, 7) is 1.82. The molecule has 1 unspecified atom stereocenters. The summed E-state index contributed by atoms with van der Waals surface area (Å²) >= 11 is 0. The van der Waals surface area contributed by atoms with Gasteiger partial charge in [-0.05, 0) is 54.7 Å². The number of nitrogens with one attached hydrogen (secondary N) is 2. The number of amides is 3. The quantitative estimate of drug-likeness (QED) is 0.647. The molecule has 2 aromatic carbocycles. The largest absolute Gasteiger partial charge is 0.399 e. The highest BCUT2D eigenvalue weighted by molar-refractivity contribution is 5.89. The monoisotopic (exact) mass is 420 g/mol. The minimum atomic E-state index is -0.402. The van der Waals surface area contributed by atoms with E-state index in [1.807, 2.05) is 17.0 Å². The van der Waals surface area contributed by atoms with Gasteiger partial charge >= 0.3 is 6.03 Å². The van der Waals surface area contributed by atoms with Crippen molar-refractivity contribution in [3.8, 4) is 0 Å². The van der Waals surface area contributed by atoms with Gasteiger partial charge in [-0.3, -0.25) is 4.79 Å². The van der Waals surface area contributed by atoms with Gasteiger partial charge in [0.05, 0.1) is 6.42 Å². The molecular formula is C21H26ClFN4O2. The summed E-state index contributed by atoms with van der Waals surface area (Å²) in [6.07, 6.45) is 2.21. The van der Waals surface area contributed by atoms with E-state index in [4.69, 9.17) is 5.73 Å². The van der Waals surface area contributed by atoms with Crippen LogP contribution in [0.3, 0.4) is 0 Å². The Morgan fingerprint density at radius 3 is 2.66 bits per heavy atom. The highest BCUT2D eigenvalue weighted by atomic mass is 35.5. The summed E-state index contributed by atoms with van der Waals surface area (Å²) in [4.78, 5) is 26.4. The third-order valence-electron chi connectivity index (χ3n) is 4.84.